The molecule has 1 aromatic rings. The van der Waals surface area contributed by atoms with E-state index in [1.54, 1.807) is 27.7 Å². The highest BCUT2D eigenvalue weighted by molar-refractivity contribution is 5.98. The standard InChI is InChI=1S/C13H19N3O4/c1-8-14-15-11(19-8)10(17)9-6-5-7-16(9)12(18)20-13(2,3)4/h9H,5-7H2,1-4H3/t9-/m0/s1. The van der Waals surface area contributed by atoms with Crippen molar-refractivity contribution >= 4 is 11.9 Å². The van der Waals surface area contributed by atoms with Gasteiger partial charge in [-0.3, -0.25) is 9.69 Å². The summed E-state index contributed by atoms with van der Waals surface area (Å²) in [6.45, 7) is 7.49. The van der Waals surface area contributed by atoms with Crippen LogP contribution in [0.2, 0.25) is 0 Å². The molecule has 7 heteroatoms. The van der Waals surface area contributed by atoms with Crippen molar-refractivity contribution in [3.8, 4) is 0 Å². The number of amides is 1. The van der Waals surface area contributed by atoms with Crippen molar-refractivity contribution in [1.82, 2.24) is 15.1 Å². The summed E-state index contributed by atoms with van der Waals surface area (Å²) in [7, 11) is 0. The molecule has 0 spiro atoms. The normalized spacial score (nSPS) is 19.2. The highest BCUT2D eigenvalue weighted by Gasteiger charge is 2.38. The Labute approximate surface area is 117 Å². The summed E-state index contributed by atoms with van der Waals surface area (Å²) in [5.41, 5.74) is -0.589. The van der Waals surface area contributed by atoms with Gasteiger partial charge in [-0.25, -0.2) is 4.79 Å². The van der Waals surface area contributed by atoms with E-state index in [2.05, 4.69) is 10.2 Å². The van der Waals surface area contributed by atoms with Crippen LogP contribution in [-0.2, 0) is 4.74 Å². The second kappa shape index (κ2) is 5.22. The van der Waals surface area contributed by atoms with Crippen LogP contribution in [0.25, 0.3) is 0 Å². The first kappa shape index (κ1) is 14.5. The summed E-state index contributed by atoms with van der Waals surface area (Å²) in [6, 6.07) is -0.579. The van der Waals surface area contributed by atoms with Crippen LogP contribution in [0.1, 0.15) is 50.2 Å². The van der Waals surface area contributed by atoms with Crippen molar-refractivity contribution in [3.63, 3.8) is 0 Å². The zero-order valence-corrected chi connectivity index (χ0v) is 12.2. The summed E-state index contributed by atoms with van der Waals surface area (Å²) in [4.78, 5) is 25.8. The summed E-state index contributed by atoms with van der Waals surface area (Å²) in [5, 5.41) is 7.35. The number of rotatable bonds is 2. The molecule has 1 aliphatic heterocycles. The van der Waals surface area contributed by atoms with Crippen LogP contribution in [0.3, 0.4) is 0 Å². The molecule has 0 bridgehead atoms. The topological polar surface area (TPSA) is 85.5 Å². The summed E-state index contributed by atoms with van der Waals surface area (Å²) in [5.74, 6) is -0.0490. The van der Waals surface area contributed by atoms with E-state index in [1.807, 2.05) is 0 Å². The Kier molecular flexibility index (Phi) is 3.78. The summed E-state index contributed by atoms with van der Waals surface area (Å²) >= 11 is 0. The number of Topliss-reactive ketones (excluding diaryl/α,β-unsaturated/α-hetero) is 1. The van der Waals surface area contributed by atoms with Crippen molar-refractivity contribution in [3.05, 3.63) is 11.8 Å². The van der Waals surface area contributed by atoms with Crippen molar-refractivity contribution in [2.24, 2.45) is 0 Å². The first-order valence-electron chi connectivity index (χ1n) is 6.62. The second-order valence-corrected chi connectivity index (χ2v) is 5.82. The van der Waals surface area contributed by atoms with Crippen molar-refractivity contribution < 1.29 is 18.7 Å². The summed E-state index contributed by atoms with van der Waals surface area (Å²) in [6.07, 6.45) is 0.854. The van der Waals surface area contributed by atoms with Crippen molar-refractivity contribution in [2.75, 3.05) is 6.54 Å². The number of likely N-dealkylation sites (tertiary alicyclic amines) is 1. The van der Waals surface area contributed by atoms with E-state index in [4.69, 9.17) is 9.15 Å². The lowest BCUT2D eigenvalue weighted by atomic mass is 10.1. The van der Waals surface area contributed by atoms with Gasteiger partial charge in [-0.15, -0.1) is 10.2 Å². The third-order valence-corrected chi connectivity index (χ3v) is 2.92. The van der Waals surface area contributed by atoms with Crippen LogP contribution >= 0.6 is 0 Å². The van der Waals surface area contributed by atoms with Crippen LogP contribution in [0.5, 0.6) is 0 Å². The van der Waals surface area contributed by atoms with E-state index in [-0.39, 0.29) is 11.7 Å². The Hall–Kier alpha value is -1.92. The van der Waals surface area contributed by atoms with E-state index in [1.165, 1.54) is 4.90 Å². The minimum Gasteiger partial charge on any atom is -0.444 e. The minimum absolute atomic E-state index is 0.0528. The highest BCUT2D eigenvalue weighted by Crippen LogP contribution is 2.23. The van der Waals surface area contributed by atoms with Gasteiger partial charge in [-0.1, -0.05) is 0 Å². The largest absolute Gasteiger partial charge is 0.444 e. The molecule has 0 radical (unpaired) electrons. The van der Waals surface area contributed by atoms with Gasteiger partial charge in [0, 0.05) is 13.5 Å². The SMILES string of the molecule is Cc1nnc(C(=O)[C@@H]2CCCN2C(=O)OC(C)(C)C)o1. The maximum absolute atomic E-state index is 12.3. The summed E-state index contributed by atoms with van der Waals surface area (Å²) < 4.78 is 10.4. The predicted molar refractivity (Wildman–Crippen MR) is 69.3 cm³/mol. The quantitative estimate of drug-likeness (QED) is 0.770. The van der Waals surface area contributed by atoms with E-state index in [0.29, 0.717) is 18.9 Å². The molecule has 0 aromatic carbocycles. The van der Waals surface area contributed by atoms with Gasteiger partial charge in [-0.2, -0.15) is 0 Å². The Morgan fingerprint density at radius 1 is 1.35 bits per heavy atom. The third kappa shape index (κ3) is 3.15. The monoisotopic (exact) mass is 281 g/mol. The zero-order valence-electron chi connectivity index (χ0n) is 12.2. The van der Waals surface area contributed by atoms with Gasteiger partial charge in [-0.05, 0) is 33.6 Å². The number of ketones is 1. The molecule has 1 amide bonds. The Balaban J connectivity index is 2.11. The Morgan fingerprint density at radius 3 is 2.60 bits per heavy atom. The van der Waals surface area contributed by atoms with Gasteiger partial charge in [0.15, 0.2) is 0 Å². The fourth-order valence-electron chi connectivity index (χ4n) is 2.12. The maximum atomic E-state index is 12.3. The Morgan fingerprint density at radius 2 is 2.05 bits per heavy atom. The number of ether oxygens (including phenoxy) is 1. The number of carbonyl (C=O) groups excluding carboxylic acids is 2. The fourth-order valence-corrected chi connectivity index (χ4v) is 2.12. The lowest BCUT2D eigenvalue weighted by molar-refractivity contribution is 0.0218. The molecule has 20 heavy (non-hydrogen) atoms. The van der Waals surface area contributed by atoms with E-state index < -0.39 is 17.7 Å². The van der Waals surface area contributed by atoms with Crippen LogP contribution in [0.4, 0.5) is 4.79 Å². The number of hydrogen-bond acceptors (Lipinski definition) is 6. The second-order valence-electron chi connectivity index (χ2n) is 5.82. The molecular formula is C13H19N3O4. The lowest BCUT2D eigenvalue weighted by Gasteiger charge is -2.27. The molecule has 1 saturated heterocycles. The van der Waals surface area contributed by atoms with Gasteiger partial charge in [0.25, 0.3) is 5.89 Å². The van der Waals surface area contributed by atoms with Crippen LogP contribution in [0.15, 0.2) is 4.42 Å². The van der Waals surface area contributed by atoms with Crippen LogP contribution in [-0.4, -0.2) is 45.2 Å². The zero-order chi connectivity index (χ0) is 14.9. The van der Waals surface area contributed by atoms with E-state index in [0.717, 1.165) is 6.42 Å². The lowest BCUT2D eigenvalue weighted by Crippen LogP contribution is -2.43. The molecule has 110 valence electrons. The molecule has 1 aromatic heterocycles. The average molecular weight is 281 g/mol. The average Bonchev–Trinajstić information content (AvgIpc) is 2.93. The molecule has 2 rings (SSSR count). The number of nitrogens with zero attached hydrogens (tertiary/aromatic N) is 3. The molecule has 1 fully saturated rings. The molecule has 1 aliphatic rings. The number of carbonyl (C=O) groups is 2. The van der Waals surface area contributed by atoms with Crippen LogP contribution in [0, 0.1) is 6.92 Å². The smallest absolute Gasteiger partial charge is 0.410 e. The van der Waals surface area contributed by atoms with Crippen LogP contribution < -0.4 is 0 Å². The number of aryl methyl sites for hydroxylation is 1. The molecule has 0 N–H and O–H groups in total. The first-order chi connectivity index (χ1) is 9.28. The highest BCUT2D eigenvalue weighted by atomic mass is 16.6. The van der Waals surface area contributed by atoms with Gasteiger partial charge < -0.3 is 9.15 Å². The van der Waals surface area contributed by atoms with Crippen molar-refractivity contribution in [2.45, 2.75) is 52.2 Å². The van der Waals surface area contributed by atoms with Crippen molar-refractivity contribution in [1.29, 1.82) is 0 Å². The van der Waals surface area contributed by atoms with Gasteiger partial charge in [0.05, 0.1) is 0 Å². The molecule has 7 nitrogen and oxygen atoms in total. The number of hydrogen-bond donors (Lipinski definition) is 0. The van der Waals surface area contributed by atoms with E-state index in [9.17, 15) is 9.59 Å². The maximum Gasteiger partial charge on any atom is 0.410 e. The fraction of sp³-hybridized carbons (Fsp3) is 0.692. The molecule has 1 atom stereocenters. The van der Waals surface area contributed by atoms with Gasteiger partial charge in [0.1, 0.15) is 11.6 Å². The third-order valence-electron chi connectivity index (χ3n) is 2.92. The minimum atomic E-state index is -0.589. The predicted octanol–water partition coefficient (Wildman–Crippen LogP) is 1.96. The van der Waals surface area contributed by atoms with Gasteiger partial charge >= 0.3 is 6.09 Å². The molecule has 0 aliphatic carbocycles. The Bertz CT molecular complexity index is 518. The molecular weight excluding hydrogens is 262 g/mol. The molecule has 0 unspecified atom stereocenters. The van der Waals surface area contributed by atoms with E-state index >= 15 is 0 Å². The molecule has 0 saturated carbocycles. The number of aromatic nitrogens is 2. The first-order valence-corrected chi connectivity index (χ1v) is 6.62. The molecule has 2 heterocycles. The van der Waals surface area contributed by atoms with Gasteiger partial charge in [0.2, 0.25) is 11.7 Å².